The van der Waals surface area contributed by atoms with Gasteiger partial charge in [-0.3, -0.25) is 9.59 Å². The molecule has 1 N–H and O–H groups in total. The Bertz CT molecular complexity index is 474. The van der Waals surface area contributed by atoms with E-state index in [1.165, 1.54) is 0 Å². The smallest absolute Gasteiger partial charge is 0.307 e. The summed E-state index contributed by atoms with van der Waals surface area (Å²) in [5, 5.41) is 9.79. The summed E-state index contributed by atoms with van der Waals surface area (Å²) in [5.41, 5.74) is 0.214. The van der Waals surface area contributed by atoms with Gasteiger partial charge in [0.2, 0.25) is 0 Å². The molecule has 0 radical (unpaired) electrons. The fourth-order valence-corrected chi connectivity index (χ4v) is 1.86. The molecule has 0 bridgehead atoms. The van der Waals surface area contributed by atoms with E-state index in [1.54, 1.807) is 45.0 Å². The molecule has 0 aromatic heterocycles. The standard InChI is InChI=1S/C15H19ClO4/c1-15(2,3)20-13(17)9-11(14(18)19)8-10-4-6-12(16)7-5-10/h4-7,11H,8-9H2,1-3H3,(H,18,19)/t11-/m1/s1. The molecule has 1 atom stereocenters. The van der Waals surface area contributed by atoms with Crippen molar-refractivity contribution < 1.29 is 19.4 Å². The average Bonchev–Trinajstić information content (AvgIpc) is 2.28. The number of halogens is 1. The molecule has 0 fully saturated rings. The first-order valence-electron chi connectivity index (χ1n) is 6.36. The number of carboxylic acid groups (broad SMARTS) is 1. The highest BCUT2D eigenvalue weighted by atomic mass is 35.5. The molecule has 0 aliphatic rings. The van der Waals surface area contributed by atoms with Crippen LogP contribution in [0.25, 0.3) is 0 Å². The first-order valence-corrected chi connectivity index (χ1v) is 6.74. The molecule has 0 spiro atoms. The second kappa shape index (κ2) is 6.75. The SMILES string of the molecule is CC(C)(C)OC(=O)C[C@@H](Cc1ccc(Cl)cc1)C(=O)O. The van der Waals surface area contributed by atoms with E-state index in [2.05, 4.69) is 0 Å². The van der Waals surface area contributed by atoms with Gasteiger partial charge in [0.25, 0.3) is 0 Å². The molecule has 5 heteroatoms. The maximum atomic E-state index is 11.7. The number of aliphatic carboxylic acids is 1. The van der Waals surface area contributed by atoms with Crippen LogP contribution in [0.3, 0.4) is 0 Å². The molecular formula is C15H19ClO4. The highest BCUT2D eigenvalue weighted by molar-refractivity contribution is 6.30. The molecule has 0 saturated carbocycles. The predicted octanol–water partition coefficient (Wildman–Crippen LogP) is 3.32. The van der Waals surface area contributed by atoms with E-state index in [4.69, 9.17) is 16.3 Å². The van der Waals surface area contributed by atoms with Crippen LogP contribution in [0, 0.1) is 5.92 Å². The monoisotopic (exact) mass is 298 g/mol. The van der Waals surface area contributed by atoms with Gasteiger partial charge in [-0.15, -0.1) is 0 Å². The quantitative estimate of drug-likeness (QED) is 0.847. The number of ether oxygens (including phenoxy) is 1. The zero-order valence-electron chi connectivity index (χ0n) is 11.9. The summed E-state index contributed by atoms with van der Waals surface area (Å²) < 4.78 is 5.15. The molecule has 0 saturated heterocycles. The van der Waals surface area contributed by atoms with Crippen LogP contribution in [0.5, 0.6) is 0 Å². The van der Waals surface area contributed by atoms with Gasteiger partial charge in [-0.05, 0) is 44.9 Å². The van der Waals surface area contributed by atoms with Gasteiger partial charge < -0.3 is 9.84 Å². The maximum absolute atomic E-state index is 11.7. The van der Waals surface area contributed by atoms with Crippen LogP contribution >= 0.6 is 11.6 Å². The predicted molar refractivity (Wildman–Crippen MR) is 76.7 cm³/mol. The van der Waals surface area contributed by atoms with Gasteiger partial charge in [0.05, 0.1) is 12.3 Å². The van der Waals surface area contributed by atoms with E-state index in [1.807, 2.05) is 0 Å². The lowest BCUT2D eigenvalue weighted by molar-refractivity contribution is -0.159. The Hall–Kier alpha value is -1.55. The zero-order chi connectivity index (χ0) is 15.3. The Morgan fingerprint density at radius 3 is 2.25 bits per heavy atom. The van der Waals surface area contributed by atoms with Crippen molar-refractivity contribution in [3.05, 3.63) is 34.9 Å². The van der Waals surface area contributed by atoms with Crippen LogP contribution in [0.15, 0.2) is 24.3 Å². The molecule has 0 aliphatic heterocycles. The van der Waals surface area contributed by atoms with Gasteiger partial charge in [-0.2, -0.15) is 0 Å². The molecule has 110 valence electrons. The molecule has 0 aliphatic carbocycles. The number of benzene rings is 1. The van der Waals surface area contributed by atoms with E-state index < -0.39 is 23.5 Å². The Balaban J connectivity index is 2.68. The van der Waals surface area contributed by atoms with E-state index in [0.29, 0.717) is 5.02 Å². The molecule has 1 aromatic carbocycles. The van der Waals surface area contributed by atoms with Gasteiger partial charge in [0.15, 0.2) is 0 Å². The lowest BCUT2D eigenvalue weighted by Gasteiger charge is -2.21. The molecular weight excluding hydrogens is 280 g/mol. The molecule has 1 rings (SSSR count). The fraction of sp³-hybridized carbons (Fsp3) is 0.467. The number of hydrogen-bond donors (Lipinski definition) is 1. The highest BCUT2D eigenvalue weighted by Crippen LogP contribution is 2.18. The van der Waals surface area contributed by atoms with Crippen LogP contribution in [-0.2, 0) is 20.7 Å². The Labute approximate surface area is 123 Å². The van der Waals surface area contributed by atoms with Crippen LogP contribution < -0.4 is 0 Å². The molecule has 20 heavy (non-hydrogen) atoms. The van der Waals surface area contributed by atoms with Crippen molar-refractivity contribution in [3.63, 3.8) is 0 Å². The Kier molecular flexibility index (Phi) is 5.57. The van der Waals surface area contributed by atoms with E-state index in [9.17, 15) is 14.7 Å². The van der Waals surface area contributed by atoms with Crippen molar-refractivity contribution in [2.24, 2.45) is 5.92 Å². The van der Waals surface area contributed by atoms with Gasteiger partial charge in [0, 0.05) is 5.02 Å². The van der Waals surface area contributed by atoms with Crippen molar-refractivity contribution in [3.8, 4) is 0 Å². The van der Waals surface area contributed by atoms with E-state index >= 15 is 0 Å². The number of esters is 1. The van der Waals surface area contributed by atoms with Crippen LogP contribution in [0.4, 0.5) is 0 Å². The van der Waals surface area contributed by atoms with Crippen LogP contribution in [-0.4, -0.2) is 22.6 Å². The lowest BCUT2D eigenvalue weighted by Crippen LogP contribution is -2.28. The molecule has 1 aromatic rings. The number of carbonyl (C=O) groups is 2. The normalized spacial score (nSPS) is 12.8. The number of hydrogen-bond acceptors (Lipinski definition) is 3. The summed E-state index contributed by atoms with van der Waals surface area (Å²) in [4.78, 5) is 22.9. The summed E-state index contributed by atoms with van der Waals surface area (Å²) in [7, 11) is 0. The second-order valence-electron chi connectivity index (χ2n) is 5.66. The van der Waals surface area contributed by atoms with Crippen molar-refractivity contribution in [1.82, 2.24) is 0 Å². The van der Waals surface area contributed by atoms with Crippen molar-refractivity contribution in [2.45, 2.75) is 39.2 Å². The topological polar surface area (TPSA) is 63.6 Å². The number of rotatable bonds is 5. The third-order valence-electron chi connectivity index (χ3n) is 2.58. The van der Waals surface area contributed by atoms with Crippen molar-refractivity contribution in [1.29, 1.82) is 0 Å². The minimum atomic E-state index is -1.01. The third kappa shape index (κ3) is 6.06. The number of carboxylic acids is 1. The summed E-state index contributed by atoms with van der Waals surface area (Å²) in [5.74, 6) is -2.31. The Morgan fingerprint density at radius 2 is 1.80 bits per heavy atom. The minimum Gasteiger partial charge on any atom is -0.481 e. The van der Waals surface area contributed by atoms with Crippen LogP contribution in [0.1, 0.15) is 32.8 Å². The molecule has 4 nitrogen and oxygen atoms in total. The first kappa shape index (κ1) is 16.5. The third-order valence-corrected chi connectivity index (χ3v) is 2.83. The molecule has 0 amide bonds. The summed E-state index contributed by atoms with van der Waals surface area (Å²) >= 11 is 5.78. The van der Waals surface area contributed by atoms with Crippen molar-refractivity contribution in [2.75, 3.05) is 0 Å². The van der Waals surface area contributed by atoms with E-state index in [0.717, 1.165) is 5.56 Å². The Morgan fingerprint density at radius 1 is 1.25 bits per heavy atom. The van der Waals surface area contributed by atoms with Gasteiger partial charge in [0.1, 0.15) is 5.60 Å². The van der Waals surface area contributed by atoms with E-state index in [-0.39, 0.29) is 12.8 Å². The fourth-order valence-electron chi connectivity index (χ4n) is 1.74. The number of carbonyl (C=O) groups excluding carboxylic acids is 1. The zero-order valence-corrected chi connectivity index (χ0v) is 12.6. The largest absolute Gasteiger partial charge is 0.481 e. The second-order valence-corrected chi connectivity index (χ2v) is 6.09. The first-order chi connectivity index (χ1) is 9.17. The molecule has 0 heterocycles. The summed E-state index contributed by atoms with van der Waals surface area (Å²) in [6.07, 6.45) is 0.126. The van der Waals surface area contributed by atoms with Gasteiger partial charge >= 0.3 is 11.9 Å². The van der Waals surface area contributed by atoms with Gasteiger partial charge in [-0.25, -0.2) is 0 Å². The maximum Gasteiger partial charge on any atom is 0.307 e. The minimum absolute atomic E-state index is 0.144. The van der Waals surface area contributed by atoms with Gasteiger partial charge in [-0.1, -0.05) is 23.7 Å². The summed E-state index contributed by atoms with van der Waals surface area (Å²) in [6, 6.07) is 6.91. The highest BCUT2D eigenvalue weighted by Gasteiger charge is 2.25. The average molecular weight is 299 g/mol. The summed E-state index contributed by atoms with van der Waals surface area (Å²) in [6.45, 7) is 5.25. The van der Waals surface area contributed by atoms with Crippen LogP contribution in [0.2, 0.25) is 5.02 Å². The molecule has 0 unspecified atom stereocenters. The lowest BCUT2D eigenvalue weighted by atomic mass is 9.96. The van der Waals surface area contributed by atoms with Crippen molar-refractivity contribution >= 4 is 23.5 Å².